The average Bonchev–Trinajstić information content (AvgIpc) is 3.41. The maximum absolute atomic E-state index is 13.5. The van der Waals surface area contributed by atoms with Gasteiger partial charge < -0.3 is 4.74 Å². The Hall–Kier alpha value is -3.80. The zero-order valence-electron chi connectivity index (χ0n) is 18.8. The molecule has 0 N–H and O–H groups in total. The fraction of sp³-hybridized carbons (Fsp3) is 0.222. The van der Waals surface area contributed by atoms with Crippen molar-refractivity contribution < 1.29 is 9.13 Å². The van der Waals surface area contributed by atoms with Crippen LogP contribution in [0.5, 0.6) is 5.75 Å². The summed E-state index contributed by atoms with van der Waals surface area (Å²) in [4.78, 5) is 0. The van der Waals surface area contributed by atoms with E-state index in [2.05, 4.69) is 52.8 Å². The van der Waals surface area contributed by atoms with E-state index >= 15 is 0 Å². The van der Waals surface area contributed by atoms with Crippen LogP contribution in [0.25, 0.3) is 11.3 Å². The molecule has 166 valence electrons. The van der Waals surface area contributed by atoms with Crippen LogP contribution in [0, 0.1) is 5.82 Å². The minimum Gasteiger partial charge on any atom is -0.456 e. The molecule has 1 aliphatic rings. The molecule has 1 aliphatic carbocycles. The van der Waals surface area contributed by atoms with Crippen molar-refractivity contribution >= 4 is 11.3 Å². The van der Waals surface area contributed by atoms with Crippen LogP contribution in [0.4, 0.5) is 4.39 Å². The van der Waals surface area contributed by atoms with Crippen molar-refractivity contribution in [1.82, 2.24) is 20.2 Å². The van der Waals surface area contributed by atoms with E-state index in [1.165, 1.54) is 28.8 Å². The average molecular weight is 441 g/mol. The zero-order valence-corrected chi connectivity index (χ0v) is 18.8. The lowest BCUT2D eigenvalue weighted by molar-refractivity contribution is 0.517. The molecule has 0 radical (unpaired) electrons. The summed E-state index contributed by atoms with van der Waals surface area (Å²) in [5.74, 6) is 2.25. The Morgan fingerprint density at radius 1 is 0.939 bits per heavy atom. The molecule has 4 aromatic rings. The topological polar surface area (TPSA) is 52.8 Å². The van der Waals surface area contributed by atoms with Gasteiger partial charge in [0.25, 0.3) is 0 Å². The number of fused-ring (bicyclic) bond motifs is 1. The van der Waals surface area contributed by atoms with Crippen LogP contribution in [-0.2, 0) is 32.7 Å². The van der Waals surface area contributed by atoms with Crippen molar-refractivity contribution in [2.24, 2.45) is 7.05 Å². The van der Waals surface area contributed by atoms with Crippen molar-refractivity contribution in [2.45, 2.75) is 32.6 Å². The van der Waals surface area contributed by atoms with Gasteiger partial charge in [0.05, 0.1) is 0 Å². The molecule has 0 fully saturated rings. The van der Waals surface area contributed by atoms with Gasteiger partial charge in [-0.25, -0.2) is 9.07 Å². The zero-order chi connectivity index (χ0) is 22.8. The summed E-state index contributed by atoms with van der Waals surface area (Å²) in [5.41, 5.74) is 6.91. The lowest BCUT2D eigenvalue weighted by Crippen LogP contribution is -2.02. The number of aryl methyl sites for hydroxylation is 4. The Bertz CT molecular complexity index is 1310. The van der Waals surface area contributed by atoms with Crippen LogP contribution in [-0.4, -0.2) is 20.2 Å². The predicted molar refractivity (Wildman–Crippen MR) is 126 cm³/mol. The van der Waals surface area contributed by atoms with Crippen LogP contribution in [0.2, 0.25) is 0 Å². The van der Waals surface area contributed by atoms with Gasteiger partial charge >= 0.3 is 0 Å². The Morgan fingerprint density at radius 2 is 1.70 bits per heavy atom. The highest BCUT2D eigenvalue weighted by atomic mass is 19.1. The molecule has 0 saturated heterocycles. The van der Waals surface area contributed by atoms with Crippen LogP contribution < -0.4 is 4.74 Å². The molecule has 6 heteroatoms. The number of benzene rings is 3. The monoisotopic (exact) mass is 440 g/mol. The fourth-order valence-corrected chi connectivity index (χ4v) is 4.23. The van der Waals surface area contributed by atoms with Gasteiger partial charge in [-0.05, 0) is 69.8 Å². The maximum atomic E-state index is 13.5. The highest BCUT2D eigenvalue weighted by Gasteiger charge is 2.25. The lowest BCUT2D eigenvalue weighted by Gasteiger charge is -2.12. The first-order valence-electron chi connectivity index (χ1n) is 11.2. The Kier molecular flexibility index (Phi) is 5.73. The largest absolute Gasteiger partial charge is 0.456 e. The predicted octanol–water partition coefficient (Wildman–Crippen LogP) is 5.20. The van der Waals surface area contributed by atoms with Crippen molar-refractivity contribution in [3.05, 3.63) is 106 Å². The quantitative estimate of drug-likeness (QED) is 0.396. The van der Waals surface area contributed by atoms with Crippen molar-refractivity contribution in [3.8, 4) is 5.75 Å². The number of halogens is 1. The molecule has 33 heavy (non-hydrogen) atoms. The third-order valence-electron chi connectivity index (χ3n) is 6.14. The standard InChI is InChI=1S/C27H25FN4O/c1-3-18-6-14-24-21(16-18)17-25(20-8-10-22(28)11-9-20)27(24)33-23-12-4-19(5-13-23)7-15-26-29-30-31-32(26)2/h4-6,8-14,16H,3,7,15,17H2,1-2H3. The van der Waals surface area contributed by atoms with Crippen molar-refractivity contribution in [2.75, 3.05) is 0 Å². The first-order valence-corrected chi connectivity index (χ1v) is 11.2. The number of aromatic nitrogens is 4. The molecule has 3 aromatic carbocycles. The number of nitrogens with zero attached hydrogens (tertiary/aromatic N) is 4. The highest BCUT2D eigenvalue weighted by molar-refractivity contribution is 5.95. The number of rotatable bonds is 7. The van der Waals surface area contributed by atoms with Crippen molar-refractivity contribution in [3.63, 3.8) is 0 Å². The van der Waals surface area contributed by atoms with E-state index < -0.39 is 0 Å². The highest BCUT2D eigenvalue weighted by Crippen LogP contribution is 2.40. The molecular formula is C27H25FN4O. The van der Waals surface area contributed by atoms with E-state index in [4.69, 9.17) is 4.74 Å². The van der Waals surface area contributed by atoms with Gasteiger partial charge in [-0.2, -0.15) is 0 Å². The third-order valence-corrected chi connectivity index (χ3v) is 6.14. The Morgan fingerprint density at radius 3 is 2.39 bits per heavy atom. The second kappa shape index (κ2) is 8.98. The van der Waals surface area contributed by atoms with Crippen LogP contribution in [0.15, 0.2) is 66.7 Å². The first kappa shape index (κ1) is 21.1. The van der Waals surface area contributed by atoms with E-state index in [0.717, 1.165) is 59.7 Å². The molecule has 0 bridgehead atoms. The number of ether oxygens (including phenoxy) is 1. The number of allylic oxidation sites excluding steroid dienone is 1. The molecular weight excluding hydrogens is 415 g/mol. The molecule has 0 unspecified atom stereocenters. The normalized spacial score (nSPS) is 12.8. The molecule has 5 nitrogen and oxygen atoms in total. The van der Waals surface area contributed by atoms with Gasteiger partial charge in [-0.15, -0.1) is 5.10 Å². The maximum Gasteiger partial charge on any atom is 0.151 e. The molecule has 1 aromatic heterocycles. The third kappa shape index (κ3) is 4.42. The molecule has 0 amide bonds. The van der Waals surface area contributed by atoms with Crippen LogP contribution >= 0.6 is 0 Å². The summed E-state index contributed by atoms with van der Waals surface area (Å²) in [7, 11) is 1.85. The van der Waals surface area contributed by atoms with E-state index in [9.17, 15) is 4.39 Å². The summed E-state index contributed by atoms with van der Waals surface area (Å²) < 4.78 is 21.7. The van der Waals surface area contributed by atoms with Gasteiger partial charge in [0.2, 0.25) is 0 Å². The summed E-state index contributed by atoms with van der Waals surface area (Å²) in [5, 5.41) is 11.6. The van der Waals surface area contributed by atoms with Gasteiger partial charge in [0, 0.05) is 31.0 Å². The van der Waals surface area contributed by atoms with Gasteiger partial charge in [0.15, 0.2) is 5.82 Å². The lowest BCUT2D eigenvalue weighted by atomic mass is 10.0. The molecule has 0 spiro atoms. The first-order chi connectivity index (χ1) is 16.1. The Balaban J connectivity index is 1.41. The van der Waals surface area contributed by atoms with Crippen molar-refractivity contribution in [1.29, 1.82) is 0 Å². The van der Waals surface area contributed by atoms with Crippen LogP contribution in [0.1, 0.15) is 40.6 Å². The van der Waals surface area contributed by atoms with E-state index in [1.54, 1.807) is 4.68 Å². The smallest absolute Gasteiger partial charge is 0.151 e. The fourth-order valence-electron chi connectivity index (χ4n) is 4.23. The number of hydrogen-bond acceptors (Lipinski definition) is 4. The van der Waals surface area contributed by atoms with Crippen LogP contribution in [0.3, 0.4) is 0 Å². The van der Waals surface area contributed by atoms with E-state index in [0.29, 0.717) is 0 Å². The second-order valence-electron chi connectivity index (χ2n) is 8.30. The molecule has 0 aliphatic heterocycles. The Labute approximate surface area is 192 Å². The summed E-state index contributed by atoms with van der Waals surface area (Å²) in [6.07, 6.45) is 3.38. The molecule has 1 heterocycles. The van der Waals surface area contributed by atoms with E-state index in [-0.39, 0.29) is 5.82 Å². The summed E-state index contributed by atoms with van der Waals surface area (Å²) in [6.45, 7) is 2.16. The summed E-state index contributed by atoms with van der Waals surface area (Å²) >= 11 is 0. The number of tetrazole rings is 1. The SMILES string of the molecule is CCc1ccc2c(c1)CC(c1ccc(F)cc1)=C2Oc1ccc(CCc2nnnn2C)cc1. The summed E-state index contributed by atoms with van der Waals surface area (Å²) in [6, 6.07) is 21.3. The molecule has 0 saturated carbocycles. The van der Waals surface area contributed by atoms with Gasteiger partial charge in [0.1, 0.15) is 17.3 Å². The second-order valence-corrected chi connectivity index (χ2v) is 8.30. The minimum atomic E-state index is -0.238. The van der Waals surface area contributed by atoms with E-state index in [1.807, 2.05) is 31.3 Å². The molecule has 5 rings (SSSR count). The van der Waals surface area contributed by atoms with Gasteiger partial charge in [-0.3, -0.25) is 0 Å². The minimum absolute atomic E-state index is 0.238. The van der Waals surface area contributed by atoms with Gasteiger partial charge in [-0.1, -0.05) is 49.4 Å². The number of hydrogen-bond donors (Lipinski definition) is 0. The molecule has 0 atom stereocenters.